The summed E-state index contributed by atoms with van der Waals surface area (Å²) in [5.41, 5.74) is 5.24. The molecule has 1 aliphatic rings. The third-order valence-corrected chi connectivity index (χ3v) is 5.53. The Balaban J connectivity index is 1.41. The van der Waals surface area contributed by atoms with E-state index in [2.05, 4.69) is 17.4 Å². The first-order chi connectivity index (χ1) is 15.1. The number of alkyl carbamates (subject to hydrolysis) is 1. The molecule has 0 fully saturated rings. The Labute approximate surface area is 180 Å². The van der Waals surface area contributed by atoms with Crippen LogP contribution in [0.4, 0.5) is 4.79 Å². The molecule has 0 aromatic heterocycles. The van der Waals surface area contributed by atoms with Crippen LogP contribution in [-0.2, 0) is 16.0 Å². The van der Waals surface area contributed by atoms with Gasteiger partial charge in [0.1, 0.15) is 18.4 Å². The SMILES string of the molecule is COc1ccc(C[C@@H](NC(=O)OCC2c3ccccc3-c3ccccc32)C(=O)O)cc1. The fraction of sp³-hybridized carbons (Fsp3) is 0.200. The molecule has 0 heterocycles. The molecule has 0 unspecified atom stereocenters. The Hall–Kier alpha value is -3.80. The molecule has 4 rings (SSSR count). The van der Waals surface area contributed by atoms with E-state index in [1.54, 1.807) is 31.4 Å². The summed E-state index contributed by atoms with van der Waals surface area (Å²) in [6.07, 6.45) is -0.605. The molecule has 2 N–H and O–H groups in total. The predicted octanol–water partition coefficient (Wildman–Crippen LogP) is 4.23. The normalized spacial score (nSPS) is 13.1. The second-order valence-electron chi connectivity index (χ2n) is 7.41. The fourth-order valence-corrected chi connectivity index (χ4v) is 3.98. The number of hydrogen-bond donors (Lipinski definition) is 2. The number of nitrogens with one attached hydrogen (secondary N) is 1. The van der Waals surface area contributed by atoms with Gasteiger partial charge in [-0.15, -0.1) is 0 Å². The van der Waals surface area contributed by atoms with Crippen LogP contribution in [0.1, 0.15) is 22.6 Å². The van der Waals surface area contributed by atoms with E-state index < -0.39 is 18.1 Å². The van der Waals surface area contributed by atoms with Crippen LogP contribution >= 0.6 is 0 Å². The van der Waals surface area contributed by atoms with Gasteiger partial charge in [0.15, 0.2) is 0 Å². The van der Waals surface area contributed by atoms with E-state index in [4.69, 9.17) is 9.47 Å². The van der Waals surface area contributed by atoms with Gasteiger partial charge in [0.05, 0.1) is 7.11 Å². The topological polar surface area (TPSA) is 84.9 Å². The first kappa shape index (κ1) is 20.5. The van der Waals surface area contributed by atoms with Crippen LogP contribution in [0.5, 0.6) is 5.75 Å². The molecule has 0 saturated heterocycles. The number of fused-ring (bicyclic) bond motifs is 3. The number of rotatable bonds is 7. The van der Waals surface area contributed by atoms with Gasteiger partial charge in [-0.05, 0) is 39.9 Å². The van der Waals surface area contributed by atoms with Gasteiger partial charge < -0.3 is 19.9 Å². The van der Waals surface area contributed by atoms with Gasteiger partial charge in [-0.3, -0.25) is 0 Å². The number of carboxylic acids is 1. The van der Waals surface area contributed by atoms with Crippen LogP contribution in [0.3, 0.4) is 0 Å². The molecule has 6 heteroatoms. The first-order valence-corrected chi connectivity index (χ1v) is 10.0. The van der Waals surface area contributed by atoms with E-state index in [0.29, 0.717) is 5.75 Å². The average molecular weight is 417 g/mol. The lowest BCUT2D eigenvalue weighted by Crippen LogP contribution is -2.42. The predicted molar refractivity (Wildman–Crippen MR) is 116 cm³/mol. The number of amides is 1. The molecule has 0 saturated carbocycles. The van der Waals surface area contributed by atoms with Crippen molar-refractivity contribution in [3.8, 4) is 16.9 Å². The number of ether oxygens (including phenoxy) is 2. The van der Waals surface area contributed by atoms with Gasteiger partial charge in [0.2, 0.25) is 0 Å². The smallest absolute Gasteiger partial charge is 0.407 e. The van der Waals surface area contributed by atoms with Gasteiger partial charge in [0, 0.05) is 12.3 Å². The molecule has 1 atom stereocenters. The van der Waals surface area contributed by atoms with Gasteiger partial charge in [0.25, 0.3) is 0 Å². The molecular weight excluding hydrogens is 394 g/mol. The van der Waals surface area contributed by atoms with E-state index in [9.17, 15) is 14.7 Å². The maximum Gasteiger partial charge on any atom is 0.407 e. The minimum absolute atomic E-state index is 0.0805. The van der Waals surface area contributed by atoms with Crippen molar-refractivity contribution in [2.45, 2.75) is 18.4 Å². The van der Waals surface area contributed by atoms with E-state index in [-0.39, 0.29) is 18.9 Å². The van der Waals surface area contributed by atoms with Crippen LogP contribution in [0, 0.1) is 0 Å². The molecular formula is C25H23NO5. The van der Waals surface area contributed by atoms with E-state index >= 15 is 0 Å². The van der Waals surface area contributed by atoms with Crippen LogP contribution in [-0.4, -0.2) is 36.9 Å². The van der Waals surface area contributed by atoms with Crippen molar-refractivity contribution in [3.05, 3.63) is 89.5 Å². The Morgan fingerprint density at radius 2 is 1.52 bits per heavy atom. The minimum atomic E-state index is -1.12. The Morgan fingerprint density at radius 3 is 2.06 bits per heavy atom. The zero-order valence-electron chi connectivity index (χ0n) is 17.1. The number of methoxy groups -OCH3 is 1. The van der Waals surface area contributed by atoms with Crippen molar-refractivity contribution in [2.24, 2.45) is 0 Å². The summed E-state index contributed by atoms with van der Waals surface area (Å²) in [5.74, 6) is -0.521. The number of benzene rings is 3. The maximum absolute atomic E-state index is 12.4. The fourth-order valence-electron chi connectivity index (χ4n) is 3.98. The van der Waals surface area contributed by atoms with E-state index in [0.717, 1.165) is 27.8 Å². The molecule has 0 bridgehead atoms. The molecule has 1 aliphatic carbocycles. The molecule has 0 spiro atoms. The second-order valence-corrected chi connectivity index (χ2v) is 7.41. The zero-order valence-corrected chi connectivity index (χ0v) is 17.1. The minimum Gasteiger partial charge on any atom is -0.497 e. The molecule has 0 aliphatic heterocycles. The van der Waals surface area contributed by atoms with Gasteiger partial charge >= 0.3 is 12.1 Å². The Morgan fingerprint density at radius 1 is 0.935 bits per heavy atom. The van der Waals surface area contributed by atoms with Crippen molar-refractivity contribution in [1.82, 2.24) is 5.32 Å². The summed E-state index contributed by atoms with van der Waals surface area (Å²) in [6, 6.07) is 22.0. The molecule has 6 nitrogen and oxygen atoms in total. The van der Waals surface area contributed by atoms with Crippen molar-refractivity contribution >= 4 is 12.1 Å². The number of carboxylic acid groups (broad SMARTS) is 1. The Bertz CT molecular complexity index is 1050. The highest BCUT2D eigenvalue weighted by molar-refractivity contribution is 5.81. The lowest BCUT2D eigenvalue weighted by atomic mass is 9.98. The zero-order chi connectivity index (χ0) is 21.8. The summed E-state index contributed by atoms with van der Waals surface area (Å²) in [7, 11) is 1.56. The van der Waals surface area contributed by atoms with Crippen molar-refractivity contribution < 1.29 is 24.2 Å². The number of carbonyl (C=O) groups excluding carboxylic acids is 1. The highest BCUT2D eigenvalue weighted by Gasteiger charge is 2.29. The Kier molecular flexibility index (Phi) is 5.89. The van der Waals surface area contributed by atoms with Crippen molar-refractivity contribution in [2.75, 3.05) is 13.7 Å². The highest BCUT2D eigenvalue weighted by Crippen LogP contribution is 2.44. The third kappa shape index (κ3) is 4.38. The van der Waals surface area contributed by atoms with Gasteiger partial charge in [-0.2, -0.15) is 0 Å². The lowest BCUT2D eigenvalue weighted by Gasteiger charge is -2.17. The average Bonchev–Trinajstić information content (AvgIpc) is 3.11. The summed E-state index contributed by atoms with van der Waals surface area (Å²) in [6.45, 7) is 0.134. The highest BCUT2D eigenvalue weighted by atomic mass is 16.5. The van der Waals surface area contributed by atoms with Gasteiger partial charge in [-0.25, -0.2) is 9.59 Å². The molecule has 1 amide bonds. The molecule has 0 radical (unpaired) electrons. The van der Waals surface area contributed by atoms with Crippen molar-refractivity contribution in [1.29, 1.82) is 0 Å². The standard InChI is InChI=1S/C25H23NO5/c1-30-17-12-10-16(11-13-17)14-23(24(27)28)26-25(29)31-15-22-20-8-4-2-6-18(20)19-7-3-5-9-21(19)22/h2-13,22-23H,14-15H2,1H3,(H,26,29)(H,27,28)/t23-/m1/s1. The first-order valence-electron chi connectivity index (χ1n) is 10.0. The molecule has 31 heavy (non-hydrogen) atoms. The molecule has 3 aromatic carbocycles. The molecule has 158 valence electrons. The third-order valence-electron chi connectivity index (χ3n) is 5.53. The summed E-state index contributed by atoms with van der Waals surface area (Å²) >= 11 is 0. The summed E-state index contributed by atoms with van der Waals surface area (Å²) in [4.78, 5) is 24.1. The quantitative estimate of drug-likeness (QED) is 0.601. The van der Waals surface area contributed by atoms with Crippen LogP contribution in [0.15, 0.2) is 72.8 Å². The monoisotopic (exact) mass is 417 g/mol. The number of aliphatic carboxylic acids is 1. The van der Waals surface area contributed by atoms with Crippen molar-refractivity contribution in [3.63, 3.8) is 0 Å². The lowest BCUT2D eigenvalue weighted by molar-refractivity contribution is -0.139. The maximum atomic E-state index is 12.4. The largest absolute Gasteiger partial charge is 0.497 e. The van der Waals surface area contributed by atoms with Gasteiger partial charge in [-0.1, -0.05) is 60.7 Å². The van der Waals surface area contributed by atoms with E-state index in [1.165, 1.54) is 0 Å². The number of hydrogen-bond acceptors (Lipinski definition) is 4. The van der Waals surface area contributed by atoms with Crippen LogP contribution in [0.25, 0.3) is 11.1 Å². The van der Waals surface area contributed by atoms with E-state index in [1.807, 2.05) is 36.4 Å². The molecule has 3 aromatic rings. The second kappa shape index (κ2) is 8.92. The van der Waals surface area contributed by atoms with Crippen LogP contribution in [0.2, 0.25) is 0 Å². The number of carbonyl (C=O) groups is 2. The summed E-state index contributed by atoms with van der Waals surface area (Å²) in [5, 5.41) is 12.0. The summed E-state index contributed by atoms with van der Waals surface area (Å²) < 4.78 is 10.6. The van der Waals surface area contributed by atoms with Crippen LogP contribution < -0.4 is 10.1 Å².